The molecule has 1 N–H and O–H groups in total. The van der Waals surface area contributed by atoms with Gasteiger partial charge in [0, 0.05) is 24.5 Å². The number of aliphatic hydroxyl groups is 1. The maximum absolute atomic E-state index is 14.3. The van der Waals surface area contributed by atoms with Crippen molar-refractivity contribution in [1.82, 2.24) is 4.90 Å². The predicted molar refractivity (Wildman–Crippen MR) is 139 cm³/mol. The Morgan fingerprint density at radius 1 is 1.33 bits per heavy atom. The zero-order chi connectivity index (χ0) is 26.0. The molecule has 8 nitrogen and oxygen atoms in total. The third-order valence-electron chi connectivity index (χ3n) is 7.14. The molecule has 1 aromatic carbocycles. The van der Waals surface area contributed by atoms with Crippen LogP contribution in [0.15, 0.2) is 49.6 Å². The smallest absolute Gasteiger partial charge is 0.312 e. The number of rotatable bonds is 11. The molecule has 0 saturated carbocycles. The molecule has 0 aliphatic carbocycles. The highest BCUT2D eigenvalue weighted by Gasteiger charge is 2.77. The molecule has 0 radical (unpaired) electrons. The number of anilines is 1. The Kier molecular flexibility index (Phi) is 8.24. The summed E-state index contributed by atoms with van der Waals surface area (Å²) in [7, 11) is 0. The van der Waals surface area contributed by atoms with Crippen molar-refractivity contribution in [3.63, 3.8) is 0 Å². The van der Waals surface area contributed by atoms with Gasteiger partial charge in [0.15, 0.2) is 0 Å². The average molecular weight is 582 g/mol. The summed E-state index contributed by atoms with van der Waals surface area (Å²) in [5.74, 6) is -2.94. The van der Waals surface area contributed by atoms with E-state index >= 15 is 0 Å². The maximum atomic E-state index is 14.3. The van der Waals surface area contributed by atoms with E-state index in [1.807, 2.05) is 0 Å². The summed E-state index contributed by atoms with van der Waals surface area (Å²) in [6.07, 6.45) is 3.78. The van der Waals surface area contributed by atoms with Gasteiger partial charge in [0.25, 0.3) is 5.91 Å². The lowest BCUT2D eigenvalue weighted by Gasteiger charge is -2.37. The van der Waals surface area contributed by atoms with Crippen molar-refractivity contribution in [3.8, 4) is 0 Å². The number of esters is 1. The van der Waals surface area contributed by atoms with E-state index in [4.69, 9.17) is 21.1 Å². The Balaban J connectivity index is 1.76. The molecule has 3 aliphatic heterocycles. The van der Waals surface area contributed by atoms with E-state index < -0.39 is 35.6 Å². The number of alkyl halides is 1. The number of hydrogen-bond acceptors (Lipinski definition) is 6. The van der Waals surface area contributed by atoms with Crippen LogP contribution in [0.2, 0.25) is 5.02 Å². The lowest BCUT2D eigenvalue weighted by molar-refractivity contribution is -0.154. The molecule has 2 amide bonds. The third kappa shape index (κ3) is 4.40. The summed E-state index contributed by atoms with van der Waals surface area (Å²) in [6, 6.07) is 5.95. The van der Waals surface area contributed by atoms with Crippen LogP contribution in [-0.4, -0.2) is 76.7 Å². The fourth-order valence-electron chi connectivity index (χ4n) is 5.75. The molecule has 4 rings (SSSR count). The summed E-state index contributed by atoms with van der Waals surface area (Å²) in [4.78, 5) is 44.0. The molecule has 0 aromatic heterocycles. The average Bonchev–Trinajstić information content (AvgIpc) is 3.45. The molecule has 10 heteroatoms. The van der Waals surface area contributed by atoms with Crippen LogP contribution in [0.3, 0.4) is 0 Å². The van der Waals surface area contributed by atoms with E-state index in [0.717, 1.165) is 0 Å². The Morgan fingerprint density at radius 3 is 2.75 bits per heavy atom. The molecule has 194 valence electrons. The predicted octanol–water partition coefficient (Wildman–Crippen LogP) is 3.11. The molecule has 36 heavy (non-hydrogen) atoms. The molecule has 3 saturated heterocycles. The summed E-state index contributed by atoms with van der Waals surface area (Å²) in [6.45, 7) is 7.74. The second-order valence-electron chi connectivity index (χ2n) is 9.21. The van der Waals surface area contributed by atoms with Gasteiger partial charge in [-0.15, -0.1) is 13.2 Å². The van der Waals surface area contributed by atoms with Crippen LogP contribution in [0.1, 0.15) is 19.3 Å². The largest absolute Gasteiger partial charge is 0.465 e. The minimum absolute atomic E-state index is 0.146. The number of likely N-dealkylation sites (tertiary alicyclic amines) is 1. The van der Waals surface area contributed by atoms with Crippen molar-refractivity contribution in [2.24, 2.45) is 11.8 Å². The SMILES string of the molecule is C=CCCOC(=O)[C@H]1[C@H]2C(=O)N(CCCO)C(C(=O)N(CC=C)c3ccccc3Cl)C23CC(Br)[C@@H]1O3. The number of nitrogens with zero attached hydrogens (tertiary/aromatic N) is 2. The number of carbonyl (C=O) groups is 3. The molecular weight excluding hydrogens is 552 g/mol. The van der Waals surface area contributed by atoms with Crippen LogP contribution >= 0.6 is 27.5 Å². The van der Waals surface area contributed by atoms with Gasteiger partial charge in [0.2, 0.25) is 5.91 Å². The summed E-state index contributed by atoms with van der Waals surface area (Å²) >= 11 is 10.1. The van der Waals surface area contributed by atoms with Gasteiger partial charge in [-0.25, -0.2) is 0 Å². The fraction of sp³-hybridized carbons (Fsp3) is 0.500. The molecular formula is C26H30BrClN2O6. The number of aliphatic hydroxyl groups excluding tert-OH is 1. The molecule has 2 bridgehead atoms. The molecule has 1 spiro atoms. The van der Waals surface area contributed by atoms with Gasteiger partial charge in [0.05, 0.1) is 35.3 Å². The third-order valence-corrected chi connectivity index (χ3v) is 8.30. The van der Waals surface area contributed by atoms with Crippen molar-refractivity contribution in [2.45, 2.75) is 41.8 Å². The quantitative estimate of drug-likeness (QED) is 0.187. The minimum atomic E-state index is -1.22. The van der Waals surface area contributed by atoms with E-state index in [1.165, 1.54) is 9.80 Å². The zero-order valence-electron chi connectivity index (χ0n) is 19.9. The first-order valence-electron chi connectivity index (χ1n) is 12.0. The highest BCUT2D eigenvalue weighted by molar-refractivity contribution is 9.09. The topological polar surface area (TPSA) is 96.4 Å². The number of hydrogen-bond donors (Lipinski definition) is 1. The number of amides is 2. The number of ether oxygens (including phenoxy) is 2. The van der Waals surface area contributed by atoms with Gasteiger partial charge in [-0.05, 0) is 31.4 Å². The molecule has 3 fully saturated rings. The van der Waals surface area contributed by atoms with Gasteiger partial charge in [-0.2, -0.15) is 0 Å². The van der Waals surface area contributed by atoms with Crippen molar-refractivity contribution in [2.75, 3.05) is 31.2 Å². The van der Waals surface area contributed by atoms with Crippen LogP contribution in [0, 0.1) is 11.8 Å². The van der Waals surface area contributed by atoms with Crippen LogP contribution in [0.5, 0.6) is 0 Å². The summed E-state index contributed by atoms with van der Waals surface area (Å²) < 4.78 is 11.9. The molecule has 3 unspecified atom stereocenters. The highest BCUT2D eigenvalue weighted by Crippen LogP contribution is 2.60. The van der Waals surface area contributed by atoms with Crippen molar-refractivity contribution >= 4 is 51.0 Å². The van der Waals surface area contributed by atoms with Gasteiger partial charge in [0.1, 0.15) is 11.6 Å². The van der Waals surface area contributed by atoms with Crippen LogP contribution < -0.4 is 4.90 Å². The normalized spacial score (nSPS) is 30.2. The maximum Gasteiger partial charge on any atom is 0.312 e. The molecule has 3 aliphatic rings. The number of halogens is 2. The van der Waals surface area contributed by atoms with E-state index in [2.05, 4.69) is 29.1 Å². The first-order valence-corrected chi connectivity index (χ1v) is 13.3. The van der Waals surface area contributed by atoms with Gasteiger partial charge in [-0.3, -0.25) is 14.4 Å². The summed E-state index contributed by atoms with van der Waals surface area (Å²) in [5.41, 5.74) is -0.729. The lowest BCUT2D eigenvalue weighted by atomic mass is 9.70. The monoisotopic (exact) mass is 580 g/mol. The number of para-hydroxylation sites is 1. The molecule has 6 atom stereocenters. The van der Waals surface area contributed by atoms with Gasteiger partial charge in [-0.1, -0.05) is 51.8 Å². The Hall–Kier alpha value is -2.20. The number of benzene rings is 1. The number of carbonyl (C=O) groups excluding carboxylic acids is 3. The molecule has 1 aromatic rings. The van der Waals surface area contributed by atoms with Gasteiger partial charge >= 0.3 is 5.97 Å². The Labute approximate surface area is 224 Å². The first-order chi connectivity index (χ1) is 17.3. The first kappa shape index (κ1) is 26.9. The zero-order valence-corrected chi connectivity index (χ0v) is 22.2. The summed E-state index contributed by atoms with van der Waals surface area (Å²) in [5, 5.41) is 9.88. The van der Waals surface area contributed by atoms with E-state index in [1.54, 1.807) is 36.4 Å². The molecule has 3 heterocycles. The van der Waals surface area contributed by atoms with Crippen molar-refractivity contribution < 1.29 is 29.0 Å². The van der Waals surface area contributed by atoms with Crippen molar-refractivity contribution in [3.05, 3.63) is 54.6 Å². The second kappa shape index (κ2) is 11.0. The van der Waals surface area contributed by atoms with Crippen LogP contribution in [0.25, 0.3) is 0 Å². The van der Waals surface area contributed by atoms with Gasteiger partial charge < -0.3 is 24.4 Å². The van der Waals surface area contributed by atoms with Crippen LogP contribution in [0.4, 0.5) is 5.69 Å². The number of fused-ring (bicyclic) bond motifs is 1. The van der Waals surface area contributed by atoms with E-state index in [9.17, 15) is 19.5 Å². The van der Waals surface area contributed by atoms with Crippen molar-refractivity contribution in [1.29, 1.82) is 0 Å². The Morgan fingerprint density at radius 2 is 2.08 bits per heavy atom. The second-order valence-corrected chi connectivity index (χ2v) is 10.8. The Bertz CT molecular complexity index is 1050. The fourth-order valence-corrected chi connectivity index (χ4v) is 6.93. The minimum Gasteiger partial charge on any atom is -0.465 e. The standard InChI is InChI=1S/C26H30BrClN2O6/c1-3-5-14-35-25(34)19-20-23(32)30(12-8-13-31)22(26(20)15-16(27)21(19)36-26)24(33)29(11-4-2)18-10-7-6-9-17(18)28/h3-4,6-7,9-10,16,19-22,31H,1-2,5,8,11-15H2/t16?,19-,20-,21-,22?,26?/m0/s1. The van der Waals surface area contributed by atoms with E-state index in [0.29, 0.717) is 23.6 Å². The van der Waals surface area contributed by atoms with Crippen LogP contribution in [-0.2, 0) is 23.9 Å². The van der Waals surface area contributed by atoms with E-state index in [-0.39, 0.29) is 49.4 Å². The highest BCUT2D eigenvalue weighted by atomic mass is 79.9. The lowest BCUT2D eigenvalue weighted by Crippen LogP contribution is -2.57.